The molecule has 4 heteroatoms. The molecule has 0 amide bonds. The fourth-order valence-electron chi connectivity index (χ4n) is 2.02. The minimum absolute atomic E-state index is 0.0414. The first-order valence-electron chi connectivity index (χ1n) is 6.69. The third-order valence-electron chi connectivity index (χ3n) is 3.14. The Balaban J connectivity index is 2.38. The highest BCUT2D eigenvalue weighted by atomic mass is 15.1. The van der Waals surface area contributed by atoms with E-state index >= 15 is 0 Å². The average Bonchev–Trinajstić information content (AvgIpc) is 2.83. The number of nitrogens with one attached hydrogen (secondary N) is 1. The summed E-state index contributed by atoms with van der Waals surface area (Å²) >= 11 is 0. The van der Waals surface area contributed by atoms with E-state index in [0.29, 0.717) is 12.1 Å². The van der Waals surface area contributed by atoms with Crippen LogP contribution in [0.4, 0.5) is 0 Å². The Bertz CT molecular complexity index is 641. The van der Waals surface area contributed by atoms with Gasteiger partial charge in [0.15, 0.2) is 0 Å². The lowest BCUT2D eigenvalue weighted by Gasteiger charge is -2.21. The quantitative estimate of drug-likeness (QED) is 0.931. The van der Waals surface area contributed by atoms with Gasteiger partial charge in [0.2, 0.25) is 0 Å². The predicted molar refractivity (Wildman–Crippen MR) is 79.6 cm³/mol. The second-order valence-electron chi connectivity index (χ2n) is 5.94. The van der Waals surface area contributed by atoms with E-state index in [4.69, 9.17) is 0 Å². The van der Waals surface area contributed by atoms with Gasteiger partial charge < -0.3 is 9.88 Å². The van der Waals surface area contributed by atoms with E-state index in [1.807, 2.05) is 35.9 Å². The molecule has 0 radical (unpaired) electrons. The highest BCUT2D eigenvalue weighted by Crippen LogP contribution is 2.19. The van der Waals surface area contributed by atoms with Gasteiger partial charge in [0.1, 0.15) is 6.07 Å². The molecule has 20 heavy (non-hydrogen) atoms. The average molecular weight is 268 g/mol. The molecule has 0 aliphatic heterocycles. The van der Waals surface area contributed by atoms with Crippen molar-refractivity contribution in [3.05, 3.63) is 47.5 Å². The lowest BCUT2D eigenvalue weighted by Crippen LogP contribution is -2.35. The van der Waals surface area contributed by atoms with Gasteiger partial charge in [0.05, 0.1) is 23.3 Å². The maximum Gasteiger partial charge on any atom is 0.102 e. The molecule has 0 atom stereocenters. The summed E-state index contributed by atoms with van der Waals surface area (Å²) in [7, 11) is 0. The Hall–Kier alpha value is -2.12. The SMILES string of the molecule is Cc1cccc(-n2cncc2CNC(C)(C)C)c1C#N. The minimum Gasteiger partial charge on any atom is -0.306 e. The van der Waals surface area contributed by atoms with E-state index < -0.39 is 0 Å². The van der Waals surface area contributed by atoms with Crippen LogP contribution in [0.25, 0.3) is 5.69 Å². The number of benzene rings is 1. The minimum atomic E-state index is 0.0414. The first-order valence-corrected chi connectivity index (χ1v) is 6.69. The molecule has 4 nitrogen and oxygen atoms in total. The van der Waals surface area contributed by atoms with Gasteiger partial charge in [0.25, 0.3) is 0 Å². The smallest absolute Gasteiger partial charge is 0.102 e. The second kappa shape index (κ2) is 5.48. The number of nitrogens with zero attached hydrogens (tertiary/aromatic N) is 3. The van der Waals surface area contributed by atoms with E-state index in [9.17, 15) is 5.26 Å². The maximum atomic E-state index is 9.35. The van der Waals surface area contributed by atoms with Crippen LogP contribution >= 0.6 is 0 Å². The monoisotopic (exact) mass is 268 g/mol. The van der Waals surface area contributed by atoms with Gasteiger partial charge in [-0.25, -0.2) is 4.98 Å². The number of rotatable bonds is 3. The molecular formula is C16H20N4. The van der Waals surface area contributed by atoms with Crippen LogP contribution in [0.3, 0.4) is 0 Å². The molecule has 0 aliphatic rings. The Morgan fingerprint density at radius 2 is 2.10 bits per heavy atom. The molecule has 2 rings (SSSR count). The molecule has 0 bridgehead atoms. The largest absolute Gasteiger partial charge is 0.306 e. The number of aromatic nitrogens is 2. The molecule has 0 fully saturated rings. The van der Waals surface area contributed by atoms with E-state index in [1.165, 1.54) is 0 Å². The maximum absolute atomic E-state index is 9.35. The van der Waals surface area contributed by atoms with Gasteiger partial charge >= 0.3 is 0 Å². The lowest BCUT2D eigenvalue weighted by atomic mass is 10.1. The van der Waals surface area contributed by atoms with Crippen molar-refractivity contribution in [3.8, 4) is 11.8 Å². The van der Waals surface area contributed by atoms with E-state index in [-0.39, 0.29) is 5.54 Å². The zero-order valence-corrected chi connectivity index (χ0v) is 12.4. The van der Waals surface area contributed by atoms with Gasteiger partial charge in [0, 0.05) is 18.3 Å². The van der Waals surface area contributed by atoms with Crippen LogP contribution in [0.2, 0.25) is 0 Å². The first kappa shape index (κ1) is 14.3. The van der Waals surface area contributed by atoms with Gasteiger partial charge in [-0.1, -0.05) is 12.1 Å². The van der Waals surface area contributed by atoms with Crippen LogP contribution in [0.5, 0.6) is 0 Å². The summed E-state index contributed by atoms with van der Waals surface area (Å²) in [6, 6.07) is 8.15. The molecule has 0 spiro atoms. The molecule has 1 heterocycles. The van der Waals surface area contributed by atoms with Gasteiger partial charge in [-0.15, -0.1) is 0 Å². The van der Waals surface area contributed by atoms with Crippen LogP contribution in [0.1, 0.15) is 37.6 Å². The number of nitriles is 1. The Labute approximate surface area is 120 Å². The Morgan fingerprint density at radius 3 is 2.75 bits per heavy atom. The normalized spacial score (nSPS) is 11.3. The zero-order valence-electron chi connectivity index (χ0n) is 12.4. The standard InChI is InChI=1S/C16H20N4/c1-12-6-5-7-15(14(12)8-17)20-11-18-9-13(20)10-19-16(2,3)4/h5-7,9,11,19H,10H2,1-4H3. The number of hydrogen-bond acceptors (Lipinski definition) is 3. The highest BCUT2D eigenvalue weighted by Gasteiger charge is 2.13. The summed E-state index contributed by atoms with van der Waals surface area (Å²) in [5, 5.41) is 12.8. The first-order chi connectivity index (χ1) is 9.42. The van der Waals surface area contributed by atoms with Crippen molar-refractivity contribution in [1.82, 2.24) is 14.9 Å². The van der Waals surface area contributed by atoms with Crippen molar-refractivity contribution in [2.24, 2.45) is 0 Å². The van der Waals surface area contributed by atoms with Crippen LogP contribution < -0.4 is 5.32 Å². The van der Waals surface area contributed by atoms with Crippen LogP contribution in [-0.2, 0) is 6.54 Å². The highest BCUT2D eigenvalue weighted by molar-refractivity contribution is 5.53. The molecule has 0 aliphatic carbocycles. The van der Waals surface area contributed by atoms with Crippen molar-refractivity contribution in [2.75, 3.05) is 0 Å². The summed E-state index contributed by atoms with van der Waals surface area (Å²) in [5.41, 5.74) is 3.65. The van der Waals surface area contributed by atoms with E-state index in [2.05, 4.69) is 37.1 Å². The molecule has 1 aromatic carbocycles. The van der Waals surface area contributed by atoms with Crippen LogP contribution in [-0.4, -0.2) is 15.1 Å². The molecular weight excluding hydrogens is 248 g/mol. The molecule has 1 N–H and O–H groups in total. The molecule has 2 aromatic rings. The molecule has 0 unspecified atom stereocenters. The summed E-state index contributed by atoms with van der Waals surface area (Å²) in [6.45, 7) is 9.04. The Kier molecular flexibility index (Phi) is 3.91. The molecule has 1 aromatic heterocycles. The summed E-state index contributed by atoms with van der Waals surface area (Å²) in [6.07, 6.45) is 3.59. The van der Waals surface area contributed by atoms with Crippen molar-refractivity contribution < 1.29 is 0 Å². The Morgan fingerprint density at radius 1 is 1.35 bits per heavy atom. The number of aryl methyl sites for hydroxylation is 1. The van der Waals surface area contributed by atoms with Crippen LogP contribution in [0.15, 0.2) is 30.7 Å². The fourth-order valence-corrected chi connectivity index (χ4v) is 2.02. The molecule has 0 saturated carbocycles. The number of imidazole rings is 1. The van der Waals surface area contributed by atoms with E-state index in [0.717, 1.165) is 16.9 Å². The predicted octanol–water partition coefficient (Wildman–Crippen LogP) is 2.94. The lowest BCUT2D eigenvalue weighted by molar-refractivity contribution is 0.419. The van der Waals surface area contributed by atoms with Crippen LogP contribution in [0, 0.1) is 18.3 Å². The third kappa shape index (κ3) is 3.06. The zero-order chi connectivity index (χ0) is 14.8. The summed E-state index contributed by atoms with van der Waals surface area (Å²) in [5.74, 6) is 0. The van der Waals surface area contributed by atoms with Crippen molar-refractivity contribution >= 4 is 0 Å². The van der Waals surface area contributed by atoms with Crippen molar-refractivity contribution in [3.63, 3.8) is 0 Å². The number of hydrogen-bond donors (Lipinski definition) is 1. The topological polar surface area (TPSA) is 53.6 Å². The molecule has 0 saturated heterocycles. The summed E-state index contributed by atoms with van der Waals surface area (Å²) in [4.78, 5) is 4.22. The fraction of sp³-hybridized carbons (Fsp3) is 0.375. The second-order valence-corrected chi connectivity index (χ2v) is 5.94. The molecule has 104 valence electrons. The third-order valence-corrected chi connectivity index (χ3v) is 3.14. The van der Waals surface area contributed by atoms with Gasteiger partial charge in [-0.2, -0.15) is 5.26 Å². The van der Waals surface area contributed by atoms with Crippen molar-refractivity contribution in [1.29, 1.82) is 5.26 Å². The summed E-state index contributed by atoms with van der Waals surface area (Å²) < 4.78 is 1.98. The van der Waals surface area contributed by atoms with Crippen molar-refractivity contribution in [2.45, 2.75) is 39.8 Å². The van der Waals surface area contributed by atoms with Gasteiger partial charge in [-0.05, 0) is 39.3 Å². The van der Waals surface area contributed by atoms with E-state index in [1.54, 1.807) is 6.33 Å². The van der Waals surface area contributed by atoms with Gasteiger partial charge in [-0.3, -0.25) is 0 Å².